The molecule has 1 fully saturated rings. The number of aromatic nitrogens is 3. The fourth-order valence-electron chi connectivity index (χ4n) is 3.88. The summed E-state index contributed by atoms with van der Waals surface area (Å²) in [5.74, 6) is 1.37. The number of anilines is 1. The van der Waals surface area contributed by atoms with E-state index in [0.29, 0.717) is 29.5 Å². The molecular weight excluding hydrogens is 390 g/mol. The Labute approximate surface area is 172 Å². The molecule has 1 unspecified atom stereocenters. The number of rotatable bonds is 8. The second kappa shape index (κ2) is 8.64. The van der Waals surface area contributed by atoms with E-state index in [4.69, 9.17) is 9.26 Å². The SMILES string of the molecule is COCCNc1nc2c(S(=O)NC3CCCC3)cc(-c3c(C)noc3C)cc2[nH]1. The summed E-state index contributed by atoms with van der Waals surface area (Å²) in [4.78, 5) is 8.61. The molecule has 1 saturated carbocycles. The number of benzene rings is 1. The van der Waals surface area contributed by atoms with Gasteiger partial charge in [0.1, 0.15) is 22.3 Å². The van der Waals surface area contributed by atoms with Crippen molar-refractivity contribution in [1.29, 1.82) is 0 Å². The van der Waals surface area contributed by atoms with Crippen molar-refractivity contribution in [3.05, 3.63) is 23.6 Å². The quantitative estimate of drug-likeness (QED) is 0.485. The number of hydrogen-bond acceptors (Lipinski definition) is 6. The average molecular weight is 418 g/mol. The number of aromatic amines is 1. The smallest absolute Gasteiger partial charge is 0.201 e. The van der Waals surface area contributed by atoms with E-state index in [1.54, 1.807) is 7.11 Å². The minimum Gasteiger partial charge on any atom is -0.383 e. The summed E-state index contributed by atoms with van der Waals surface area (Å²) >= 11 is 0. The van der Waals surface area contributed by atoms with E-state index in [1.807, 2.05) is 26.0 Å². The maximum atomic E-state index is 13.2. The number of ether oxygens (including phenoxy) is 1. The van der Waals surface area contributed by atoms with Gasteiger partial charge in [0.15, 0.2) is 0 Å². The Hall–Kier alpha value is -2.23. The number of H-pyrrole nitrogens is 1. The largest absolute Gasteiger partial charge is 0.383 e. The van der Waals surface area contributed by atoms with Crippen LogP contribution in [0.4, 0.5) is 5.95 Å². The fraction of sp³-hybridized carbons (Fsp3) is 0.500. The number of methoxy groups -OCH3 is 1. The second-order valence-corrected chi connectivity index (χ2v) is 8.66. The van der Waals surface area contributed by atoms with Gasteiger partial charge in [0.05, 0.1) is 22.7 Å². The van der Waals surface area contributed by atoms with E-state index in [9.17, 15) is 4.21 Å². The van der Waals surface area contributed by atoms with Crippen LogP contribution in [0.2, 0.25) is 0 Å². The number of fused-ring (bicyclic) bond motifs is 1. The molecule has 1 aliphatic rings. The van der Waals surface area contributed by atoms with Crippen LogP contribution in [-0.4, -0.2) is 45.6 Å². The third kappa shape index (κ3) is 4.22. The molecule has 0 bridgehead atoms. The summed E-state index contributed by atoms with van der Waals surface area (Å²) in [7, 11) is 0.296. The third-order valence-corrected chi connectivity index (χ3v) is 6.56. The minimum absolute atomic E-state index is 0.284. The van der Waals surface area contributed by atoms with Gasteiger partial charge in [-0.3, -0.25) is 0 Å². The summed E-state index contributed by atoms with van der Waals surface area (Å²) in [6, 6.07) is 4.23. The van der Waals surface area contributed by atoms with Crippen molar-refractivity contribution in [3.63, 3.8) is 0 Å². The highest BCUT2D eigenvalue weighted by atomic mass is 32.2. The molecular formula is C20H27N5O3S. The van der Waals surface area contributed by atoms with E-state index >= 15 is 0 Å². The summed E-state index contributed by atoms with van der Waals surface area (Å²) < 4.78 is 27.0. The molecule has 4 rings (SSSR count). The van der Waals surface area contributed by atoms with Gasteiger partial charge in [-0.2, -0.15) is 0 Å². The number of imidazole rings is 1. The topological polar surface area (TPSA) is 105 Å². The highest BCUT2D eigenvalue weighted by molar-refractivity contribution is 7.83. The van der Waals surface area contributed by atoms with E-state index in [-0.39, 0.29) is 6.04 Å². The number of nitrogens with zero attached hydrogens (tertiary/aromatic N) is 2. The van der Waals surface area contributed by atoms with Crippen LogP contribution in [0, 0.1) is 13.8 Å². The van der Waals surface area contributed by atoms with E-state index in [0.717, 1.165) is 40.9 Å². The zero-order valence-corrected chi connectivity index (χ0v) is 17.8. The number of hydrogen-bond donors (Lipinski definition) is 3. The maximum absolute atomic E-state index is 13.2. The third-order valence-electron chi connectivity index (χ3n) is 5.30. The van der Waals surface area contributed by atoms with Crippen molar-refractivity contribution in [3.8, 4) is 11.1 Å². The van der Waals surface area contributed by atoms with Gasteiger partial charge in [0.25, 0.3) is 0 Å². The van der Waals surface area contributed by atoms with Crippen molar-refractivity contribution in [1.82, 2.24) is 19.8 Å². The van der Waals surface area contributed by atoms with Gasteiger partial charge in [-0.25, -0.2) is 13.9 Å². The van der Waals surface area contributed by atoms with Gasteiger partial charge in [0, 0.05) is 25.3 Å². The Kier molecular flexibility index (Phi) is 5.98. The van der Waals surface area contributed by atoms with E-state index < -0.39 is 11.0 Å². The molecule has 29 heavy (non-hydrogen) atoms. The lowest BCUT2D eigenvalue weighted by Crippen LogP contribution is -2.28. The standard InChI is InChI=1S/C20H27N5O3S/c1-12-18(13(2)28-24-12)14-10-16-19(23-20(22-16)21-8-9-27-3)17(11-14)29(26)25-15-6-4-5-7-15/h10-11,15,25H,4-9H2,1-3H3,(H2,21,22,23). The van der Waals surface area contributed by atoms with Crippen LogP contribution in [0.15, 0.2) is 21.6 Å². The zero-order valence-electron chi connectivity index (χ0n) is 17.0. The van der Waals surface area contributed by atoms with Gasteiger partial charge in [-0.1, -0.05) is 18.0 Å². The highest BCUT2D eigenvalue weighted by Crippen LogP contribution is 2.33. The molecule has 0 spiro atoms. The minimum atomic E-state index is -1.36. The molecule has 8 nitrogen and oxygen atoms in total. The Morgan fingerprint density at radius 1 is 1.31 bits per heavy atom. The molecule has 3 aromatic rings. The molecule has 9 heteroatoms. The highest BCUT2D eigenvalue weighted by Gasteiger charge is 2.22. The van der Waals surface area contributed by atoms with Crippen LogP contribution in [0.5, 0.6) is 0 Å². The summed E-state index contributed by atoms with van der Waals surface area (Å²) in [5.41, 5.74) is 4.16. The molecule has 1 aromatic carbocycles. The summed E-state index contributed by atoms with van der Waals surface area (Å²) in [6.45, 7) is 5.00. The lowest BCUT2D eigenvalue weighted by molar-refractivity contribution is 0.210. The molecule has 1 aliphatic carbocycles. The van der Waals surface area contributed by atoms with Crippen molar-refractivity contribution in [2.24, 2.45) is 0 Å². The Morgan fingerprint density at radius 3 is 2.79 bits per heavy atom. The van der Waals surface area contributed by atoms with Crippen molar-refractivity contribution >= 4 is 28.0 Å². The molecule has 0 saturated heterocycles. The molecule has 1 atom stereocenters. The second-order valence-electron chi connectivity index (χ2n) is 7.44. The first-order chi connectivity index (χ1) is 14.1. The van der Waals surface area contributed by atoms with Crippen molar-refractivity contribution in [2.45, 2.75) is 50.5 Å². The molecule has 0 amide bonds. The van der Waals surface area contributed by atoms with Gasteiger partial charge in [-0.05, 0) is 44.4 Å². The van der Waals surface area contributed by atoms with Gasteiger partial charge in [0.2, 0.25) is 5.95 Å². The lowest BCUT2D eigenvalue weighted by Gasteiger charge is -2.12. The van der Waals surface area contributed by atoms with Gasteiger partial charge in [-0.15, -0.1) is 0 Å². The Morgan fingerprint density at radius 2 is 2.10 bits per heavy atom. The van der Waals surface area contributed by atoms with Crippen LogP contribution in [0.25, 0.3) is 22.2 Å². The van der Waals surface area contributed by atoms with Crippen LogP contribution >= 0.6 is 0 Å². The van der Waals surface area contributed by atoms with Crippen molar-refractivity contribution < 1.29 is 13.5 Å². The fourth-order valence-corrected chi connectivity index (χ4v) is 5.11. The van der Waals surface area contributed by atoms with E-state index in [2.05, 4.69) is 25.2 Å². The predicted molar refractivity (Wildman–Crippen MR) is 113 cm³/mol. The van der Waals surface area contributed by atoms with Crippen LogP contribution in [0.1, 0.15) is 37.1 Å². The molecule has 2 aromatic heterocycles. The first-order valence-electron chi connectivity index (χ1n) is 9.94. The lowest BCUT2D eigenvalue weighted by atomic mass is 10.0. The molecule has 2 heterocycles. The average Bonchev–Trinajstić information content (AvgIpc) is 3.42. The normalized spacial score (nSPS) is 16.0. The first-order valence-corrected chi connectivity index (χ1v) is 11.1. The van der Waals surface area contributed by atoms with Gasteiger partial charge < -0.3 is 19.6 Å². The maximum Gasteiger partial charge on any atom is 0.201 e. The predicted octanol–water partition coefficient (Wildman–Crippen LogP) is 3.45. The van der Waals surface area contributed by atoms with E-state index in [1.165, 1.54) is 12.8 Å². The van der Waals surface area contributed by atoms with Crippen LogP contribution in [-0.2, 0) is 15.7 Å². The first kappa shape index (κ1) is 20.1. The monoisotopic (exact) mass is 417 g/mol. The van der Waals surface area contributed by atoms with Crippen molar-refractivity contribution in [2.75, 3.05) is 25.6 Å². The Balaban J connectivity index is 1.75. The van der Waals surface area contributed by atoms with Crippen LogP contribution in [0.3, 0.4) is 0 Å². The zero-order chi connectivity index (χ0) is 20.4. The number of aryl methyl sites for hydroxylation is 2. The summed E-state index contributed by atoms with van der Waals surface area (Å²) in [6.07, 6.45) is 4.48. The molecule has 156 valence electrons. The van der Waals surface area contributed by atoms with Gasteiger partial charge >= 0.3 is 0 Å². The molecule has 0 aliphatic heterocycles. The Bertz CT molecular complexity index is 1000. The molecule has 0 radical (unpaired) electrons. The van der Waals surface area contributed by atoms with Crippen LogP contribution < -0.4 is 10.0 Å². The molecule has 3 N–H and O–H groups in total. The number of nitrogens with one attached hydrogen (secondary N) is 3. The summed E-state index contributed by atoms with van der Waals surface area (Å²) in [5, 5.41) is 7.28.